The second-order valence-corrected chi connectivity index (χ2v) is 29.5. The third kappa shape index (κ3) is 72.7. The molecule has 0 aromatic heterocycles. The van der Waals surface area contributed by atoms with E-state index in [-0.39, 0.29) is 25.9 Å². The van der Waals surface area contributed by atoms with Crippen molar-refractivity contribution in [3.8, 4) is 0 Å². The number of unbranched alkanes of at least 4 members (excludes halogenated alkanes) is 40. The lowest BCUT2D eigenvalue weighted by atomic mass is 10.0. The molecule has 0 aromatic rings. The van der Waals surface area contributed by atoms with Crippen molar-refractivity contribution in [3.63, 3.8) is 0 Å². The second-order valence-electron chi connectivity index (χ2n) is 26.6. The van der Waals surface area contributed by atoms with Gasteiger partial charge in [0.1, 0.15) is 25.1 Å². The van der Waals surface area contributed by atoms with E-state index >= 15 is 0 Å². The predicted molar refractivity (Wildman–Crippen MR) is 400 cm³/mol. The summed E-state index contributed by atoms with van der Waals surface area (Å²) >= 11 is 0. The summed E-state index contributed by atoms with van der Waals surface area (Å²) in [4.78, 5) is 70.5. The second kappa shape index (κ2) is 73.7. The van der Waals surface area contributed by atoms with E-state index in [4.69, 9.17) is 37.0 Å². The van der Waals surface area contributed by atoms with Gasteiger partial charge in [0.25, 0.3) is 0 Å². The summed E-state index contributed by atoms with van der Waals surface area (Å²) in [5.41, 5.74) is 0. The highest BCUT2D eigenvalue weighted by molar-refractivity contribution is 7.47. The topological polar surface area (TPSA) is 237 Å². The molecule has 0 aliphatic heterocycles. The molecule has 5 atom stereocenters. The number of ether oxygens (including phenoxy) is 4. The van der Waals surface area contributed by atoms with Crippen molar-refractivity contribution in [2.75, 3.05) is 46.2 Å². The Hall–Kier alpha value is -3.08. The summed E-state index contributed by atoms with van der Waals surface area (Å²) < 4.78 is 69.2. The zero-order valence-electron chi connectivity index (χ0n) is 62.3. The highest BCUT2D eigenvalue weighted by Gasteiger charge is 2.30. The number of rotatable bonds is 77. The normalized spacial score (nSPS) is 14.3. The summed E-state index contributed by atoms with van der Waals surface area (Å²) in [6.07, 6.45) is 72.6. The van der Waals surface area contributed by atoms with Crippen molar-refractivity contribution in [1.82, 2.24) is 0 Å². The third-order valence-corrected chi connectivity index (χ3v) is 18.9. The minimum atomic E-state index is -4.95. The van der Waals surface area contributed by atoms with Crippen molar-refractivity contribution in [2.45, 2.75) is 373 Å². The molecule has 2 unspecified atom stereocenters. The van der Waals surface area contributed by atoms with Crippen LogP contribution in [0.5, 0.6) is 0 Å². The Morgan fingerprint density at radius 3 is 1.01 bits per heavy atom. The fraction of sp³-hybridized carbons (Fsp3) is 0.823. The molecule has 0 amide bonds. The first-order chi connectivity index (χ1) is 47.8. The minimum absolute atomic E-state index is 0.0738. The fourth-order valence-corrected chi connectivity index (χ4v) is 12.5. The molecule has 3 N–H and O–H groups in total. The molecule has 19 heteroatoms. The van der Waals surface area contributed by atoms with Crippen molar-refractivity contribution in [3.05, 3.63) is 60.8 Å². The van der Waals surface area contributed by atoms with Gasteiger partial charge in [-0.25, -0.2) is 9.13 Å². The van der Waals surface area contributed by atoms with E-state index in [2.05, 4.69) is 69.4 Å². The van der Waals surface area contributed by atoms with Gasteiger partial charge >= 0.3 is 33.6 Å². The number of hydrogen-bond acceptors (Lipinski definition) is 15. The number of hydrogen-bond donors (Lipinski definition) is 3. The molecule has 0 fully saturated rings. The van der Waals surface area contributed by atoms with Gasteiger partial charge in [-0.15, -0.1) is 0 Å². The first-order valence-electron chi connectivity index (χ1n) is 39.5. The molecule has 0 radical (unpaired) electrons. The largest absolute Gasteiger partial charge is 0.472 e. The van der Waals surface area contributed by atoms with Crippen molar-refractivity contribution in [2.24, 2.45) is 0 Å². The average Bonchev–Trinajstić information content (AvgIpc) is 1.00. The lowest BCUT2D eigenvalue weighted by Crippen LogP contribution is -2.30. The molecule has 0 aliphatic rings. The molecule has 0 saturated carbocycles. The number of carbonyl (C=O) groups is 4. The first-order valence-corrected chi connectivity index (χ1v) is 42.5. The fourth-order valence-electron chi connectivity index (χ4n) is 11.0. The van der Waals surface area contributed by atoms with Gasteiger partial charge in [0, 0.05) is 32.3 Å². The van der Waals surface area contributed by atoms with Crippen LogP contribution < -0.4 is 0 Å². The van der Waals surface area contributed by atoms with Gasteiger partial charge in [0.05, 0.1) is 33.0 Å². The van der Waals surface area contributed by atoms with Gasteiger partial charge in [-0.2, -0.15) is 0 Å². The molecule has 0 aromatic carbocycles. The lowest BCUT2D eigenvalue weighted by Gasteiger charge is -2.21. The van der Waals surface area contributed by atoms with Gasteiger partial charge in [-0.1, -0.05) is 293 Å². The number of allylic oxidation sites excluding steroid dienone is 10. The van der Waals surface area contributed by atoms with E-state index in [1.807, 2.05) is 12.2 Å². The average molecular weight is 1430 g/mol. The van der Waals surface area contributed by atoms with Gasteiger partial charge in [-0.3, -0.25) is 32.5 Å². The molecule has 0 rings (SSSR count). The van der Waals surface area contributed by atoms with Crippen LogP contribution in [0.3, 0.4) is 0 Å². The molecule has 98 heavy (non-hydrogen) atoms. The lowest BCUT2D eigenvalue weighted by molar-refractivity contribution is -0.161. The van der Waals surface area contributed by atoms with E-state index in [0.717, 1.165) is 128 Å². The number of phosphoric acid groups is 2. The Morgan fingerprint density at radius 1 is 0.327 bits per heavy atom. The molecule has 17 nitrogen and oxygen atoms in total. The Labute approximate surface area is 597 Å². The SMILES string of the molecule is CCCCC/C=C\C/C=C\C/C=C\C/C=C\CCCC(=O)OC[C@H](COP(=O)(O)OC[C@@H](O)COP(=O)(O)OC[C@@H](COCCCCCCCCC/C=C\CCCCCCC=O)OC(=O)CCCCCCCCCCCCCCC)OC(=O)CCCCCCCCCCCCCCC. The number of aliphatic hydroxyl groups is 1. The van der Waals surface area contributed by atoms with Crippen molar-refractivity contribution in [1.29, 1.82) is 0 Å². The zero-order valence-corrected chi connectivity index (χ0v) is 64.0. The zero-order chi connectivity index (χ0) is 71.6. The molecule has 572 valence electrons. The van der Waals surface area contributed by atoms with Gasteiger partial charge in [0.2, 0.25) is 0 Å². The molecule has 0 heterocycles. The number of aldehydes is 1. The van der Waals surface area contributed by atoms with E-state index in [9.17, 15) is 43.2 Å². The van der Waals surface area contributed by atoms with E-state index in [1.54, 1.807) is 0 Å². The minimum Gasteiger partial charge on any atom is -0.462 e. The smallest absolute Gasteiger partial charge is 0.462 e. The maximum atomic E-state index is 13.1. The molecular weight excluding hydrogens is 1280 g/mol. The maximum absolute atomic E-state index is 13.1. The Balaban J connectivity index is 5.27. The number of carbonyl (C=O) groups excluding carboxylic acids is 4. The van der Waals surface area contributed by atoms with Crippen LogP contribution in [-0.2, 0) is 65.4 Å². The van der Waals surface area contributed by atoms with Crippen LogP contribution in [0.1, 0.15) is 355 Å². The van der Waals surface area contributed by atoms with Crippen LogP contribution in [0.4, 0.5) is 0 Å². The van der Waals surface area contributed by atoms with E-state index in [0.29, 0.717) is 38.7 Å². The first kappa shape index (κ1) is 94.9. The standard InChI is InChI=1S/C79H144O17P2/c1-4-7-10-13-16-19-22-25-26-27-30-35-38-43-48-53-58-63-77(82)90-71-76(96-79(84)65-60-55-50-45-40-34-24-21-18-15-12-9-6-3)73-94-98(87,88)92-69-74(81)68-91-97(85,86)93-72-75(95-78(83)64-59-54-49-44-39-33-23-20-17-14-11-8-5-2)70-89-67-62-57-52-47-42-37-32-29-28-31-36-41-46-51-56-61-66-80/h16,19,25-26,28,30-31,35,43,48,66,74-76,81H,4-15,17-18,20-24,27,29,32-34,36-42,44-47,49-65,67-73H2,1-3H3,(H,85,86)(H,87,88)/b19-16-,26-25-,31-28-,35-30-,48-43-/t74-,75+,76+/m0/s1. The molecule has 0 spiro atoms. The summed E-state index contributed by atoms with van der Waals surface area (Å²) in [5.74, 6) is -1.59. The van der Waals surface area contributed by atoms with Gasteiger partial charge in [0.15, 0.2) is 6.10 Å². The quantitative estimate of drug-likeness (QED) is 0.0128. The van der Waals surface area contributed by atoms with Crippen LogP contribution in [-0.4, -0.2) is 104 Å². The highest BCUT2D eigenvalue weighted by atomic mass is 31.2. The van der Waals surface area contributed by atoms with Crippen LogP contribution in [0, 0.1) is 0 Å². The van der Waals surface area contributed by atoms with E-state index < -0.39 is 84.9 Å². The summed E-state index contributed by atoms with van der Waals surface area (Å²) in [6.45, 7) is 3.63. The Bertz CT molecular complexity index is 2060. The number of esters is 3. The molecule has 0 aliphatic carbocycles. The monoisotopic (exact) mass is 1430 g/mol. The van der Waals surface area contributed by atoms with Gasteiger partial charge in [-0.05, 0) is 96.3 Å². The predicted octanol–water partition coefficient (Wildman–Crippen LogP) is 22.3. The number of aliphatic hydroxyl groups excluding tert-OH is 1. The van der Waals surface area contributed by atoms with Gasteiger partial charge < -0.3 is 38.6 Å². The third-order valence-electron chi connectivity index (χ3n) is 17.0. The Kier molecular flexibility index (Phi) is 71.3. The maximum Gasteiger partial charge on any atom is 0.472 e. The molecule has 0 saturated heterocycles. The van der Waals surface area contributed by atoms with Crippen molar-refractivity contribution >= 4 is 39.8 Å². The van der Waals surface area contributed by atoms with E-state index in [1.165, 1.54) is 161 Å². The summed E-state index contributed by atoms with van der Waals surface area (Å²) in [7, 11) is -9.83. The van der Waals surface area contributed by atoms with Crippen LogP contribution in [0.25, 0.3) is 0 Å². The molecule has 0 bridgehead atoms. The highest BCUT2D eigenvalue weighted by Crippen LogP contribution is 2.45. The Morgan fingerprint density at radius 2 is 0.612 bits per heavy atom. The van der Waals surface area contributed by atoms with Crippen LogP contribution >= 0.6 is 15.6 Å². The van der Waals surface area contributed by atoms with Crippen molar-refractivity contribution < 1.29 is 80.2 Å². The van der Waals surface area contributed by atoms with Crippen LogP contribution in [0.15, 0.2) is 60.8 Å². The summed E-state index contributed by atoms with van der Waals surface area (Å²) in [5, 5.41) is 10.6. The van der Waals surface area contributed by atoms with Crippen LogP contribution in [0.2, 0.25) is 0 Å². The summed E-state index contributed by atoms with van der Waals surface area (Å²) in [6, 6.07) is 0. The molecular formula is C79H144O17P2. The number of phosphoric ester groups is 2.